The maximum absolute atomic E-state index is 12.4. The minimum atomic E-state index is -0.932. The average molecular weight is 388 g/mol. The lowest BCUT2D eigenvalue weighted by Gasteiger charge is -2.28. The van der Waals surface area contributed by atoms with Crippen molar-refractivity contribution in [3.05, 3.63) is 18.2 Å². The van der Waals surface area contributed by atoms with E-state index in [1.807, 2.05) is 13.8 Å². The highest BCUT2D eigenvalue weighted by Crippen LogP contribution is 2.36. The maximum atomic E-state index is 12.4. The van der Waals surface area contributed by atoms with Crippen molar-refractivity contribution in [2.45, 2.75) is 43.7 Å². The first-order chi connectivity index (χ1) is 12.8. The number of fused-ring (bicyclic) bond motifs is 1. The lowest BCUT2D eigenvalue weighted by Crippen LogP contribution is -2.51. The normalized spacial score (nSPS) is 15.9. The van der Waals surface area contributed by atoms with Crippen LogP contribution in [0.25, 0.3) is 11.5 Å². The Morgan fingerprint density at radius 1 is 1.30 bits per heavy atom. The summed E-state index contributed by atoms with van der Waals surface area (Å²) in [6, 6.07) is 7.50. The molecule has 0 radical (unpaired) electrons. The van der Waals surface area contributed by atoms with Crippen molar-refractivity contribution in [1.29, 1.82) is 5.26 Å². The number of benzene rings is 1. The fourth-order valence-electron chi connectivity index (χ4n) is 2.27. The Morgan fingerprint density at radius 3 is 2.74 bits per heavy atom. The summed E-state index contributed by atoms with van der Waals surface area (Å²) in [5.74, 6) is 1.33. The van der Waals surface area contributed by atoms with Gasteiger partial charge in [0.2, 0.25) is 18.6 Å². The number of aromatic nitrogens is 2. The van der Waals surface area contributed by atoms with Gasteiger partial charge in [-0.2, -0.15) is 5.26 Å². The molecule has 27 heavy (non-hydrogen) atoms. The minimum absolute atomic E-state index is 0.0235. The first-order valence-corrected chi connectivity index (χ1v) is 9.34. The third-order valence-corrected chi connectivity index (χ3v) is 5.38. The van der Waals surface area contributed by atoms with Crippen LogP contribution in [0.3, 0.4) is 0 Å². The van der Waals surface area contributed by atoms with E-state index in [0.717, 1.165) is 11.8 Å². The lowest BCUT2D eigenvalue weighted by atomic mass is 9.90. The Morgan fingerprint density at radius 2 is 2.04 bits per heavy atom. The van der Waals surface area contributed by atoms with Gasteiger partial charge in [0.05, 0.1) is 11.3 Å². The molecule has 142 valence electrons. The van der Waals surface area contributed by atoms with Gasteiger partial charge in [-0.25, -0.2) is 0 Å². The van der Waals surface area contributed by atoms with E-state index in [0.29, 0.717) is 23.0 Å². The summed E-state index contributed by atoms with van der Waals surface area (Å²) in [5, 5.41) is 19.9. The summed E-state index contributed by atoms with van der Waals surface area (Å²) in [6.45, 7) is 7.39. The predicted octanol–water partition coefficient (Wildman–Crippen LogP) is 3.00. The first-order valence-electron chi connectivity index (χ1n) is 8.46. The van der Waals surface area contributed by atoms with Crippen LogP contribution in [0, 0.1) is 17.2 Å². The number of hydrogen-bond acceptors (Lipinski definition) is 8. The molecule has 0 unspecified atom stereocenters. The second-order valence-electron chi connectivity index (χ2n) is 6.66. The highest BCUT2D eigenvalue weighted by atomic mass is 32.2. The van der Waals surface area contributed by atoms with E-state index in [4.69, 9.17) is 13.9 Å². The molecule has 0 aliphatic carbocycles. The van der Waals surface area contributed by atoms with Crippen LogP contribution in [0.15, 0.2) is 27.8 Å². The fourth-order valence-corrected chi connectivity index (χ4v) is 2.95. The molecule has 0 spiro atoms. The summed E-state index contributed by atoms with van der Waals surface area (Å²) < 4.78 is 16.3. The topological polar surface area (TPSA) is 110 Å². The Kier molecular flexibility index (Phi) is 5.28. The lowest BCUT2D eigenvalue weighted by molar-refractivity contribution is -0.121. The van der Waals surface area contributed by atoms with Crippen molar-refractivity contribution in [3.63, 3.8) is 0 Å². The standard InChI is InChI=1S/C18H20N4O4S/c1-10(2)18(4,8-19)20-15(23)11(3)27-17-22-21-16(26-17)12-5-6-13-14(7-12)25-9-24-13/h5-7,10-11H,9H2,1-4H3,(H,20,23)/t11-,18-/m0/s1. The molecule has 9 heteroatoms. The molecular weight excluding hydrogens is 368 g/mol. The number of hydrogen-bond donors (Lipinski definition) is 1. The highest BCUT2D eigenvalue weighted by molar-refractivity contribution is 8.00. The number of nitrogens with one attached hydrogen (secondary N) is 1. The van der Waals surface area contributed by atoms with Gasteiger partial charge < -0.3 is 19.2 Å². The van der Waals surface area contributed by atoms with E-state index in [9.17, 15) is 10.1 Å². The Bertz CT molecular complexity index is 892. The van der Waals surface area contributed by atoms with Gasteiger partial charge in [0, 0.05) is 5.56 Å². The maximum Gasteiger partial charge on any atom is 0.277 e. The van der Waals surface area contributed by atoms with Crippen LogP contribution in [-0.2, 0) is 4.79 Å². The van der Waals surface area contributed by atoms with Crippen LogP contribution in [-0.4, -0.2) is 33.7 Å². The Labute approximate surface area is 161 Å². The highest BCUT2D eigenvalue weighted by Gasteiger charge is 2.32. The molecule has 0 fully saturated rings. The molecule has 0 bridgehead atoms. The molecule has 1 N–H and O–H groups in total. The van der Waals surface area contributed by atoms with Gasteiger partial charge in [0.25, 0.3) is 5.22 Å². The smallest absolute Gasteiger partial charge is 0.277 e. The van der Waals surface area contributed by atoms with Crippen LogP contribution in [0.4, 0.5) is 0 Å². The molecule has 1 aromatic heterocycles. The van der Waals surface area contributed by atoms with Crippen LogP contribution in [0.1, 0.15) is 27.7 Å². The second-order valence-corrected chi connectivity index (χ2v) is 7.95. The number of carbonyl (C=O) groups is 1. The molecule has 2 atom stereocenters. The van der Waals surface area contributed by atoms with Crippen molar-refractivity contribution in [2.75, 3.05) is 6.79 Å². The summed E-state index contributed by atoms with van der Waals surface area (Å²) in [4.78, 5) is 12.4. The third kappa shape index (κ3) is 4.01. The number of nitriles is 1. The molecule has 3 rings (SSSR count). The number of nitrogens with zero attached hydrogens (tertiary/aromatic N) is 3. The first kappa shape index (κ1) is 19.0. The fraction of sp³-hybridized carbons (Fsp3) is 0.444. The Hall–Kier alpha value is -2.73. The molecular formula is C18H20N4O4S. The number of thioether (sulfide) groups is 1. The monoisotopic (exact) mass is 388 g/mol. The molecule has 1 aromatic carbocycles. The van der Waals surface area contributed by atoms with Crippen molar-refractivity contribution in [1.82, 2.24) is 15.5 Å². The van der Waals surface area contributed by atoms with Gasteiger partial charge in [0.1, 0.15) is 5.54 Å². The molecule has 0 saturated carbocycles. The zero-order chi connectivity index (χ0) is 19.6. The number of ether oxygens (including phenoxy) is 2. The Balaban J connectivity index is 1.67. The molecule has 0 saturated heterocycles. The van der Waals surface area contributed by atoms with E-state index >= 15 is 0 Å². The van der Waals surface area contributed by atoms with Gasteiger partial charge >= 0.3 is 0 Å². The van der Waals surface area contributed by atoms with Gasteiger partial charge in [-0.3, -0.25) is 4.79 Å². The van der Waals surface area contributed by atoms with E-state index in [-0.39, 0.29) is 23.8 Å². The summed E-state index contributed by atoms with van der Waals surface area (Å²) in [5.41, 5.74) is -0.231. The molecule has 1 aliphatic heterocycles. The molecule has 1 amide bonds. The van der Waals surface area contributed by atoms with Crippen molar-refractivity contribution < 1.29 is 18.7 Å². The van der Waals surface area contributed by atoms with Crippen molar-refractivity contribution in [2.24, 2.45) is 5.92 Å². The summed E-state index contributed by atoms with van der Waals surface area (Å²) in [7, 11) is 0. The average Bonchev–Trinajstić information content (AvgIpc) is 3.29. The van der Waals surface area contributed by atoms with Gasteiger partial charge in [-0.15, -0.1) is 10.2 Å². The van der Waals surface area contributed by atoms with E-state index in [1.54, 1.807) is 32.0 Å². The summed E-state index contributed by atoms with van der Waals surface area (Å²) >= 11 is 1.14. The van der Waals surface area contributed by atoms with Crippen LogP contribution in [0.2, 0.25) is 0 Å². The summed E-state index contributed by atoms with van der Waals surface area (Å²) in [6.07, 6.45) is 0. The minimum Gasteiger partial charge on any atom is -0.454 e. The quantitative estimate of drug-likeness (QED) is 0.752. The van der Waals surface area contributed by atoms with E-state index in [2.05, 4.69) is 21.6 Å². The van der Waals surface area contributed by atoms with Crippen LogP contribution < -0.4 is 14.8 Å². The van der Waals surface area contributed by atoms with E-state index in [1.165, 1.54) is 0 Å². The molecule has 2 heterocycles. The van der Waals surface area contributed by atoms with E-state index < -0.39 is 10.8 Å². The molecule has 8 nitrogen and oxygen atoms in total. The van der Waals surface area contributed by atoms with Gasteiger partial charge in [-0.1, -0.05) is 25.6 Å². The predicted molar refractivity (Wildman–Crippen MR) is 98.2 cm³/mol. The van der Waals surface area contributed by atoms with Crippen LogP contribution >= 0.6 is 11.8 Å². The second kappa shape index (κ2) is 7.48. The zero-order valence-electron chi connectivity index (χ0n) is 15.5. The largest absolute Gasteiger partial charge is 0.454 e. The number of rotatable bonds is 6. The van der Waals surface area contributed by atoms with Gasteiger partial charge in [0.15, 0.2) is 11.5 Å². The van der Waals surface area contributed by atoms with Crippen molar-refractivity contribution in [3.8, 4) is 29.0 Å². The van der Waals surface area contributed by atoms with Gasteiger partial charge in [-0.05, 0) is 38.0 Å². The third-order valence-electron chi connectivity index (χ3n) is 4.44. The SMILES string of the molecule is CC(C)[C@](C)(C#N)NC(=O)[C@H](C)Sc1nnc(-c2ccc3c(c2)OCO3)o1. The van der Waals surface area contributed by atoms with Crippen molar-refractivity contribution >= 4 is 17.7 Å². The zero-order valence-corrected chi connectivity index (χ0v) is 16.3. The van der Waals surface area contributed by atoms with Crippen LogP contribution in [0.5, 0.6) is 11.5 Å². The molecule has 2 aromatic rings. The number of amides is 1. The molecule has 1 aliphatic rings. The number of carbonyl (C=O) groups excluding carboxylic acids is 1.